The van der Waals surface area contributed by atoms with Crippen LogP contribution in [0.5, 0.6) is 5.75 Å². The van der Waals surface area contributed by atoms with Crippen molar-refractivity contribution in [2.24, 2.45) is 0 Å². The summed E-state index contributed by atoms with van der Waals surface area (Å²) in [6.45, 7) is 6.61. The highest BCUT2D eigenvalue weighted by molar-refractivity contribution is 5.62. The van der Waals surface area contributed by atoms with E-state index in [0.717, 1.165) is 42.2 Å². The maximum absolute atomic E-state index is 13.2. The fourth-order valence-corrected chi connectivity index (χ4v) is 3.53. The Kier molecular flexibility index (Phi) is 4.47. The van der Waals surface area contributed by atoms with Crippen molar-refractivity contribution in [2.45, 2.75) is 33.0 Å². The molecular formula is C21H22FN3O. The highest BCUT2D eigenvalue weighted by atomic mass is 19.1. The molecule has 2 aromatic carbocycles. The number of nitrogens with zero attached hydrogens (tertiary/aromatic N) is 2. The number of rotatable bonds is 3. The van der Waals surface area contributed by atoms with Crippen LogP contribution in [-0.4, -0.2) is 27.7 Å². The number of aromatic amines is 1. The standard InChI is InChI=1S/C21H22FN3O/c1-14-3-8-20-17(9-14)12-25(11-15(2)26-20)13-18-10-23-24-21(18)16-4-6-19(22)7-5-16/h3-10,15H,11-13H2,1-2H3,(H,23,24). The number of ether oxygens (including phenoxy) is 1. The number of H-pyrrole nitrogens is 1. The first kappa shape index (κ1) is 16.8. The van der Waals surface area contributed by atoms with E-state index in [-0.39, 0.29) is 11.9 Å². The topological polar surface area (TPSA) is 41.2 Å². The van der Waals surface area contributed by atoms with Crippen molar-refractivity contribution in [2.75, 3.05) is 6.54 Å². The molecule has 1 N–H and O–H groups in total. The number of hydrogen-bond donors (Lipinski definition) is 1. The zero-order valence-corrected chi connectivity index (χ0v) is 15.0. The Labute approximate surface area is 152 Å². The van der Waals surface area contributed by atoms with E-state index in [0.29, 0.717) is 0 Å². The van der Waals surface area contributed by atoms with Crippen molar-refractivity contribution >= 4 is 0 Å². The second kappa shape index (κ2) is 6.92. The van der Waals surface area contributed by atoms with Crippen LogP contribution in [0.25, 0.3) is 11.3 Å². The molecule has 0 saturated carbocycles. The van der Waals surface area contributed by atoms with E-state index in [9.17, 15) is 4.39 Å². The zero-order chi connectivity index (χ0) is 18.1. The van der Waals surface area contributed by atoms with Gasteiger partial charge in [0.15, 0.2) is 0 Å². The van der Waals surface area contributed by atoms with Crippen LogP contribution in [0.1, 0.15) is 23.6 Å². The normalized spacial score (nSPS) is 17.4. The maximum atomic E-state index is 13.2. The fraction of sp³-hybridized carbons (Fsp3) is 0.286. The van der Waals surface area contributed by atoms with Gasteiger partial charge >= 0.3 is 0 Å². The van der Waals surface area contributed by atoms with Gasteiger partial charge in [0, 0.05) is 36.3 Å². The summed E-state index contributed by atoms with van der Waals surface area (Å²) in [6.07, 6.45) is 1.96. The van der Waals surface area contributed by atoms with Crippen LogP contribution in [0.15, 0.2) is 48.7 Å². The molecule has 5 heteroatoms. The van der Waals surface area contributed by atoms with Gasteiger partial charge < -0.3 is 4.74 Å². The number of nitrogens with one attached hydrogen (secondary N) is 1. The lowest BCUT2D eigenvalue weighted by atomic mass is 10.1. The van der Waals surface area contributed by atoms with Crippen LogP contribution in [0.3, 0.4) is 0 Å². The van der Waals surface area contributed by atoms with E-state index >= 15 is 0 Å². The number of aryl methyl sites for hydroxylation is 1. The minimum Gasteiger partial charge on any atom is -0.489 e. The monoisotopic (exact) mass is 351 g/mol. The molecular weight excluding hydrogens is 329 g/mol. The largest absolute Gasteiger partial charge is 0.489 e. The summed E-state index contributed by atoms with van der Waals surface area (Å²) >= 11 is 0. The van der Waals surface area contributed by atoms with Gasteiger partial charge in [-0.25, -0.2) is 4.39 Å². The summed E-state index contributed by atoms with van der Waals surface area (Å²) in [6, 6.07) is 12.8. The average molecular weight is 351 g/mol. The van der Waals surface area contributed by atoms with Crippen molar-refractivity contribution in [3.05, 3.63) is 71.2 Å². The lowest BCUT2D eigenvalue weighted by Gasteiger charge is -2.21. The molecule has 0 saturated heterocycles. The van der Waals surface area contributed by atoms with Crippen molar-refractivity contribution in [1.82, 2.24) is 15.1 Å². The molecule has 4 rings (SSSR count). The van der Waals surface area contributed by atoms with Gasteiger partial charge in [0.25, 0.3) is 0 Å². The van der Waals surface area contributed by atoms with Crippen molar-refractivity contribution in [1.29, 1.82) is 0 Å². The number of benzene rings is 2. The molecule has 0 amide bonds. The van der Waals surface area contributed by atoms with Gasteiger partial charge in [-0.05, 0) is 44.2 Å². The highest BCUT2D eigenvalue weighted by Crippen LogP contribution is 2.28. The molecule has 1 atom stereocenters. The van der Waals surface area contributed by atoms with Crippen LogP contribution in [0.2, 0.25) is 0 Å². The third-order valence-corrected chi connectivity index (χ3v) is 4.70. The van der Waals surface area contributed by atoms with Crippen molar-refractivity contribution in [3.63, 3.8) is 0 Å². The minimum absolute atomic E-state index is 0.111. The summed E-state index contributed by atoms with van der Waals surface area (Å²) in [5, 5.41) is 7.27. The fourth-order valence-electron chi connectivity index (χ4n) is 3.53. The Morgan fingerprint density at radius 1 is 1.23 bits per heavy atom. The first-order valence-electron chi connectivity index (χ1n) is 8.85. The molecule has 1 aromatic heterocycles. The van der Waals surface area contributed by atoms with E-state index in [4.69, 9.17) is 4.74 Å². The molecule has 3 aromatic rings. The molecule has 4 nitrogen and oxygen atoms in total. The van der Waals surface area contributed by atoms with E-state index in [1.54, 1.807) is 12.1 Å². The predicted octanol–water partition coefficient (Wildman–Crippen LogP) is 4.31. The number of fused-ring (bicyclic) bond motifs is 1. The zero-order valence-electron chi connectivity index (χ0n) is 15.0. The summed E-state index contributed by atoms with van der Waals surface area (Å²) in [7, 11) is 0. The predicted molar refractivity (Wildman–Crippen MR) is 99.4 cm³/mol. The number of aromatic nitrogens is 2. The van der Waals surface area contributed by atoms with E-state index in [2.05, 4.69) is 47.1 Å². The molecule has 0 fully saturated rings. The van der Waals surface area contributed by atoms with E-state index in [1.807, 2.05) is 6.20 Å². The smallest absolute Gasteiger partial charge is 0.124 e. The molecule has 26 heavy (non-hydrogen) atoms. The van der Waals surface area contributed by atoms with E-state index < -0.39 is 0 Å². The lowest BCUT2D eigenvalue weighted by molar-refractivity contribution is 0.156. The van der Waals surface area contributed by atoms with Gasteiger partial charge in [-0.2, -0.15) is 5.10 Å². The SMILES string of the molecule is Cc1ccc2c(c1)CN(Cc1cn[nH]c1-c1ccc(F)cc1)CC(C)O2. The first-order chi connectivity index (χ1) is 12.6. The average Bonchev–Trinajstić information content (AvgIpc) is 2.99. The van der Waals surface area contributed by atoms with Crippen molar-refractivity contribution in [3.8, 4) is 17.0 Å². The Morgan fingerprint density at radius 3 is 2.85 bits per heavy atom. The first-order valence-corrected chi connectivity index (χ1v) is 8.85. The second-order valence-corrected chi connectivity index (χ2v) is 6.99. The second-order valence-electron chi connectivity index (χ2n) is 6.99. The summed E-state index contributed by atoms with van der Waals surface area (Å²) in [4.78, 5) is 2.37. The Balaban J connectivity index is 1.59. The summed E-state index contributed by atoms with van der Waals surface area (Å²) in [5.41, 5.74) is 5.42. The number of halogens is 1. The molecule has 134 valence electrons. The number of hydrogen-bond acceptors (Lipinski definition) is 3. The Hall–Kier alpha value is -2.66. The maximum Gasteiger partial charge on any atom is 0.124 e. The van der Waals surface area contributed by atoms with Gasteiger partial charge in [-0.1, -0.05) is 17.7 Å². The molecule has 1 aliphatic rings. The summed E-state index contributed by atoms with van der Waals surface area (Å²) < 4.78 is 19.3. The van der Waals surface area contributed by atoms with Gasteiger partial charge in [-0.15, -0.1) is 0 Å². The molecule has 0 bridgehead atoms. The quantitative estimate of drug-likeness (QED) is 0.765. The van der Waals surface area contributed by atoms with Crippen molar-refractivity contribution < 1.29 is 9.13 Å². The van der Waals surface area contributed by atoms with Gasteiger partial charge in [0.05, 0.1) is 11.9 Å². The molecule has 0 radical (unpaired) electrons. The highest BCUT2D eigenvalue weighted by Gasteiger charge is 2.21. The van der Waals surface area contributed by atoms with Crippen LogP contribution >= 0.6 is 0 Å². The van der Waals surface area contributed by atoms with Crippen LogP contribution in [0.4, 0.5) is 4.39 Å². The lowest BCUT2D eigenvalue weighted by Crippen LogP contribution is -2.30. The van der Waals surface area contributed by atoms with Crippen LogP contribution < -0.4 is 4.74 Å². The molecule has 2 heterocycles. The van der Waals surface area contributed by atoms with Crippen LogP contribution in [0, 0.1) is 12.7 Å². The Morgan fingerprint density at radius 2 is 2.04 bits per heavy atom. The third kappa shape index (κ3) is 3.48. The van der Waals surface area contributed by atoms with Gasteiger partial charge in [-0.3, -0.25) is 10.00 Å². The minimum atomic E-state index is -0.236. The van der Waals surface area contributed by atoms with E-state index in [1.165, 1.54) is 23.3 Å². The molecule has 0 aliphatic carbocycles. The molecule has 0 spiro atoms. The molecule has 1 unspecified atom stereocenters. The van der Waals surface area contributed by atoms with Crippen LogP contribution in [-0.2, 0) is 13.1 Å². The Bertz CT molecular complexity index is 904. The third-order valence-electron chi connectivity index (χ3n) is 4.70. The molecule has 1 aliphatic heterocycles. The summed E-state index contributed by atoms with van der Waals surface area (Å²) in [5.74, 6) is 0.733. The van der Waals surface area contributed by atoms with Gasteiger partial charge in [0.1, 0.15) is 17.7 Å². The van der Waals surface area contributed by atoms with Gasteiger partial charge in [0.2, 0.25) is 0 Å².